The molecule has 0 aromatic heterocycles. The first-order chi connectivity index (χ1) is 12.7. The molecule has 0 radical (unpaired) electrons. The molecule has 26 heavy (non-hydrogen) atoms. The Bertz CT molecular complexity index is 744. The minimum absolute atomic E-state index is 0.162. The number of carbonyl (C=O) groups excluding carboxylic acids is 2. The maximum atomic E-state index is 12.5. The Balaban J connectivity index is 2.05. The first-order valence-electron chi connectivity index (χ1n) is 9.07. The van der Waals surface area contributed by atoms with Crippen LogP contribution in [0.4, 0.5) is 5.69 Å². The highest BCUT2D eigenvalue weighted by Crippen LogP contribution is 2.24. The van der Waals surface area contributed by atoms with Crippen molar-refractivity contribution >= 4 is 17.5 Å². The standard InChI is InChI=1S/C21H26N2O3/c1-3-5-8-14-22-20(24)16-10-9-11-17(15-16)21(25)23-18-12-6-7-13-19(18)26-4-2/h6-7,9-13,15H,3-5,8,14H2,1-2H3,(H,22,24)(H,23,25). The zero-order valence-corrected chi connectivity index (χ0v) is 15.4. The molecule has 5 nitrogen and oxygen atoms in total. The molecule has 0 heterocycles. The van der Waals surface area contributed by atoms with Crippen LogP contribution in [0, 0.1) is 0 Å². The number of hydrogen-bond donors (Lipinski definition) is 2. The zero-order valence-electron chi connectivity index (χ0n) is 15.4. The van der Waals surface area contributed by atoms with Crippen LogP contribution in [0.15, 0.2) is 48.5 Å². The molecule has 0 aliphatic rings. The van der Waals surface area contributed by atoms with Crippen molar-refractivity contribution in [2.45, 2.75) is 33.1 Å². The summed E-state index contributed by atoms with van der Waals surface area (Å²) in [6, 6.07) is 14.0. The number of ether oxygens (including phenoxy) is 1. The molecule has 0 unspecified atom stereocenters. The lowest BCUT2D eigenvalue weighted by atomic mass is 10.1. The summed E-state index contributed by atoms with van der Waals surface area (Å²) < 4.78 is 5.52. The van der Waals surface area contributed by atoms with E-state index in [2.05, 4.69) is 17.6 Å². The second-order valence-electron chi connectivity index (χ2n) is 5.93. The number of carbonyl (C=O) groups is 2. The van der Waals surface area contributed by atoms with Gasteiger partial charge in [-0.25, -0.2) is 0 Å². The first-order valence-corrected chi connectivity index (χ1v) is 9.07. The maximum Gasteiger partial charge on any atom is 0.255 e. The van der Waals surface area contributed by atoms with Crippen molar-refractivity contribution < 1.29 is 14.3 Å². The predicted molar refractivity (Wildman–Crippen MR) is 104 cm³/mol. The molecule has 0 atom stereocenters. The number of rotatable bonds is 9. The summed E-state index contributed by atoms with van der Waals surface area (Å²) in [7, 11) is 0. The summed E-state index contributed by atoms with van der Waals surface area (Å²) >= 11 is 0. The summed E-state index contributed by atoms with van der Waals surface area (Å²) in [5, 5.41) is 5.73. The summed E-state index contributed by atoms with van der Waals surface area (Å²) in [5.74, 6) is 0.177. The highest BCUT2D eigenvalue weighted by molar-refractivity contribution is 6.06. The van der Waals surface area contributed by atoms with Crippen molar-refractivity contribution in [3.8, 4) is 5.75 Å². The molecule has 0 saturated heterocycles. The minimum Gasteiger partial charge on any atom is -0.492 e. The molecule has 0 saturated carbocycles. The number of para-hydroxylation sites is 2. The third-order valence-electron chi connectivity index (χ3n) is 3.89. The van der Waals surface area contributed by atoms with Crippen LogP contribution in [0.5, 0.6) is 5.75 Å². The quantitative estimate of drug-likeness (QED) is 0.661. The van der Waals surface area contributed by atoms with Gasteiger partial charge in [-0.05, 0) is 43.7 Å². The second-order valence-corrected chi connectivity index (χ2v) is 5.93. The van der Waals surface area contributed by atoms with E-state index in [4.69, 9.17) is 4.74 Å². The Morgan fingerprint density at radius 3 is 2.38 bits per heavy atom. The van der Waals surface area contributed by atoms with E-state index < -0.39 is 0 Å². The van der Waals surface area contributed by atoms with E-state index in [1.807, 2.05) is 19.1 Å². The van der Waals surface area contributed by atoms with E-state index in [0.29, 0.717) is 35.7 Å². The fourth-order valence-corrected chi connectivity index (χ4v) is 2.53. The fraction of sp³-hybridized carbons (Fsp3) is 0.333. The Hall–Kier alpha value is -2.82. The third-order valence-corrected chi connectivity index (χ3v) is 3.89. The number of amides is 2. The Labute approximate surface area is 154 Å². The highest BCUT2D eigenvalue weighted by Gasteiger charge is 2.12. The number of nitrogens with one attached hydrogen (secondary N) is 2. The van der Waals surface area contributed by atoms with Crippen LogP contribution in [0.1, 0.15) is 53.8 Å². The van der Waals surface area contributed by atoms with Crippen molar-refractivity contribution in [2.75, 3.05) is 18.5 Å². The summed E-state index contributed by atoms with van der Waals surface area (Å²) in [6.07, 6.45) is 3.15. The molecular formula is C21H26N2O3. The van der Waals surface area contributed by atoms with Crippen molar-refractivity contribution in [2.24, 2.45) is 0 Å². The van der Waals surface area contributed by atoms with Gasteiger partial charge in [0.2, 0.25) is 0 Å². The maximum absolute atomic E-state index is 12.5. The van der Waals surface area contributed by atoms with Gasteiger partial charge in [0.15, 0.2) is 0 Å². The Morgan fingerprint density at radius 1 is 0.923 bits per heavy atom. The second kappa shape index (κ2) is 10.2. The third kappa shape index (κ3) is 5.62. The number of hydrogen-bond acceptors (Lipinski definition) is 3. The van der Waals surface area contributed by atoms with Crippen molar-refractivity contribution in [3.63, 3.8) is 0 Å². The van der Waals surface area contributed by atoms with Gasteiger partial charge >= 0.3 is 0 Å². The SMILES string of the molecule is CCCCCNC(=O)c1cccc(C(=O)Nc2ccccc2OCC)c1. The van der Waals surface area contributed by atoms with Crippen molar-refractivity contribution in [1.29, 1.82) is 0 Å². The Morgan fingerprint density at radius 2 is 1.65 bits per heavy atom. The molecule has 138 valence electrons. The van der Waals surface area contributed by atoms with Crippen LogP contribution in [-0.4, -0.2) is 25.0 Å². The topological polar surface area (TPSA) is 67.4 Å². The van der Waals surface area contributed by atoms with Gasteiger partial charge in [0.05, 0.1) is 12.3 Å². The van der Waals surface area contributed by atoms with Crippen LogP contribution in [-0.2, 0) is 0 Å². The molecule has 0 aliphatic heterocycles. The van der Waals surface area contributed by atoms with Crippen molar-refractivity contribution in [1.82, 2.24) is 5.32 Å². The normalized spacial score (nSPS) is 10.2. The van der Waals surface area contributed by atoms with Gasteiger partial charge in [-0.1, -0.05) is 38.0 Å². The molecule has 2 N–H and O–H groups in total. The van der Waals surface area contributed by atoms with Crippen LogP contribution in [0.3, 0.4) is 0 Å². The lowest BCUT2D eigenvalue weighted by Crippen LogP contribution is -2.24. The molecule has 0 aliphatic carbocycles. The molecule has 2 aromatic rings. The van der Waals surface area contributed by atoms with E-state index >= 15 is 0 Å². The lowest BCUT2D eigenvalue weighted by Gasteiger charge is -2.12. The Kier molecular flexibility index (Phi) is 7.68. The average molecular weight is 354 g/mol. The molecule has 0 fully saturated rings. The predicted octanol–water partition coefficient (Wildman–Crippen LogP) is 4.26. The molecule has 2 rings (SSSR count). The van der Waals surface area contributed by atoms with Crippen LogP contribution in [0.2, 0.25) is 0 Å². The van der Waals surface area contributed by atoms with E-state index in [9.17, 15) is 9.59 Å². The molecular weight excluding hydrogens is 328 g/mol. The van der Waals surface area contributed by atoms with E-state index in [1.165, 1.54) is 0 Å². The monoisotopic (exact) mass is 354 g/mol. The summed E-state index contributed by atoms with van der Waals surface area (Å²) in [6.45, 7) is 5.17. The molecule has 0 spiro atoms. The van der Waals surface area contributed by atoms with Crippen LogP contribution in [0.25, 0.3) is 0 Å². The smallest absolute Gasteiger partial charge is 0.255 e. The van der Waals surface area contributed by atoms with Crippen LogP contribution >= 0.6 is 0 Å². The van der Waals surface area contributed by atoms with Gasteiger partial charge in [-0.15, -0.1) is 0 Å². The van der Waals surface area contributed by atoms with Gasteiger partial charge in [-0.3, -0.25) is 9.59 Å². The average Bonchev–Trinajstić information content (AvgIpc) is 2.67. The minimum atomic E-state index is -0.280. The fourth-order valence-electron chi connectivity index (χ4n) is 2.53. The highest BCUT2D eigenvalue weighted by atomic mass is 16.5. The van der Waals surface area contributed by atoms with Gasteiger partial charge in [0, 0.05) is 17.7 Å². The first kappa shape index (κ1) is 19.5. The molecule has 5 heteroatoms. The van der Waals surface area contributed by atoms with Crippen molar-refractivity contribution in [3.05, 3.63) is 59.7 Å². The van der Waals surface area contributed by atoms with E-state index in [-0.39, 0.29) is 11.8 Å². The largest absolute Gasteiger partial charge is 0.492 e. The number of benzene rings is 2. The van der Waals surface area contributed by atoms with E-state index in [1.54, 1.807) is 36.4 Å². The van der Waals surface area contributed by atoms with E-state index in [0.717, 1.165) is 19.3 Å². The molecule has 2 aromatic carbocycles. The zero-order chi connectivity index (χ0) is 18.8. The summed E-state index contributed by atoms with van der Waals surface area (Å²) in [4.78, 5) is 24.8. The van der Waals surface area contributed by atoms with Gasteiger partial charge < -0.3 is 15.4 Å². The van der Waals surface area contributed by atoms with Gasteiger partial charge in [0.1, 0.15) is 5.75 Å². The van der Waals surface area contributed by atoms with Crippen LogP contribution < -0.4 is 15.4 Å². The number of unbranched alkanes of at least 4 members (excludes halogenated alkanes) is 2. The molecule has 0 bridgehead atoms. The summed E-state index contributed by atoms with van der Waals surface area (Å²) in [5.41, 5.74) is 1.51. The lowest BCUT2D eigenvalue weighted by molar-refractivity contribution is 0.0953. The molecule has 2 amide bonds. The number of anilines is 1. The van der Waals surface area contributed by atoms with Gasteiger partial charge in [0.25, 0.3) is 11.8 Å². The van der Waals surface area contributed by atoms with Gasteiger partial charge in [-0.2, -0.15) is 0 Å².